The van der Waals surface area contributed by atoms with Crippen LogP contribution in [0, 0.1) is 5.92 Å². The van der Waals surface area contributed by atoms with E-state index in [2.05, 4.69) is 28.7 Å². The fourth-order valence-corrected chi connectivity index (χ4v) is 1.35. The number of hydrogen-bond acceptors (Lipinski definition) is 4. The summed E-state index contributed by atoms with van der Waals surface area (Å²) in [6.45, 7) is 6.80. The van der Waals surface area contributed by atoms with E-state index in [0.29, 0.717) is 12.5 Å². The maximum absolute atomic E-state index is 5.55. The molecule has 0 aliphatic heterocycles. The first kappa shape index (κ1) is 10.9. The van der Waals surface area contributed by atoms with Gasteiger partial charge in [0.2, 0.25) is 0 Å². The van der Waals surface area contributed by atoms with Crippen molar-refractivity contribution in [2.45, 2.75) is 13.8 Å². The normalized spacial score (nSPS) is 10.6. The summed E-state index contributed by atoms with van der Waals surface area (Å²) in [4.78, 5) is 10.5. The topological polar surface area (TPSA) is 55.0 Å². The summed E-state index contributed by atoms with van der Waals surface area (Å²) in [7, 11) is 0. The molecule has 1 rings (SSSR count). The molecule has 0 bridgehead atoms. The molecule has 4 nitrogen and oxygen atoms in total. The second-order valence-electron chi connectivity index (χ2n) is 3.69. The predicted molar refractivity (Wildman–Crippen MR) is 58.1 cm³/mol. The minimum atomic E-state index is 0.601. The second kappa shape index (κ2) is 5.54. The molecule has 0 aliphatic rings. The average Bonchev–Trinajstić information content (AvgIpc) is 2.18. The summed E-state index contributed by atoms with van der Waals surface area (Å²) >= 11 is 0. The highest BCUT2D eigenvalue weighted by Crippen LogP contribution is 2.09. The molecule has 0 saturated carbocycles. The quantitative estimate of drug-likeness (QED) is 0.756. The highest BCUT2D eigenvalue weighted by molar-refractivity contribution is 5.34. The molecular formula is C10H18N4. The lowest BCUT2D eigenvalue weighted by Gasteiger charge is -2.24. The van der Waals surface area contributed by atoms with Gasteiger partial charge in [-0.2, -0.15) is 0 Å². The van der Waals surface area contributed by atoms with E-state index in [1.54, 1.807) is 18.6 Å². The molecule has 0 spiro atoms. The van der Waals surface area contributed by atoms with Crippen LogP contribution < -0.4 is 10.6 Å². The van der Waals surface area contributed by atoms with Gasteiger partial charge in [-0.1, -0.05) is 13.8 Å². The van der Waals surface area contributed by atoms with Crippen molar-refractivity contribution in [3.05, 3.63) is 18.6 Å². The molecule has 78 valence electrons. The minimum Gasteiger partial charge on any atom is -0.354 e. The van der Waals surface area contributed by atoms with E-state index in [0.717, 1.165) is 18.9 Å². The molecule has 1 aromatic heterocycles. The zero-order valence-corrected chi connectivity index (χ0v) is 8.85. The van der Waals surface area contributed by atoms with E-state index in [9.17, 15) is 0 Å². The van der Waals surface area contributed by atoms with Crippen molar-refractivity contribution in [2.75, 3.05) is 24.5 Å². The Morgan fingerprint density at radius 1 is 1.43 bits per heavy atom. The first-order chi connectivity index (χ1) is 6.74. The molecule has 0 radical (unpaired) electrons. The Kier molecular flexibility index (Phi) is 4.32. The van der Waals surface area contributed by atoms with Crippen LogP contribution in [0.25, 0.3) is 0 Å². The molecule has 0 aromatic carbocycles. The number of aromatic nitrogens is 2. The van der Waals surface area contributed by atoms with Gasteiger partial charge in [0.1, 0.15) is 5.82 Å². The van der Waals surface area contributed by atoms with Gasteiger partial charge in [-0.15, -0.1) is 0 Å². The van der Waals surface area contributed by atoms with E-state index >= 15 is 0 Å². The van der Waals surface area contributed by atoms with E-state index in [4.69, 9.17) is 5.73 Å². The molecular weight excluding hydrogens is 176 g/mol. The summed E-state index contributed by atoms with van der Waals surface area (Å²) in [5.41, 5.74) is 5.55. The smallest absolute Gasteiger partial charge is 0.147 e. The Bertz CT molecular complexity index is 248. The van der Waals surface area contributed by atoms with Gasteiger partial charge in [0.05, 0.1) is 6.20 Å². The first-order valence-electron chi connectivity index (χ1n) is 4.95. The van der Waals surface area contributed by atoms with Crippen molar-refractivity contribution in [1.29, 1.82) is 0 Å². The largest absolute Gasteiger partial charge is 0.354 e. The number of nitrogens with zero attached hydrogens (tertiary/aromatic N) is 3. The Morgan fingerprint density at radius 2 is 2.21 bits per heavy atom. The lowest BCUT2D eigenvalue weighted by Crippen LogP contribution is -2.33. The fraction of sp³-hybridized carbons (Fsp3) is 0.600. The van der Waals surface area contributed by atoms with Gasteiger partial charge in [0.25, 0.3) is 0 Å². The van der Waals surface area contributed by atoms with Crippen LogP contribution in [0.1, 0.15) is 13.8 Å². The van der Waals surface area contributed by atoms with E-state index in [-0.39, 0.29) is 0 Å². The van der Waals surface area contributed by atoms with Crippen molar-refractivity contribution in [3.63, 3.8) is 0 Å². The number of rotatable bonds is 5. The monoisotopic (exact) mass is 194 g/mol. The molecule has 0 atom stereocenters. The van der Waals surface area contributed by atoms with Crippen molar-refractivity contribution in [2.24, 2.45) is 11.7 Å². The molecule has 1 heterocycles. The Morgan fingerprint density at radius 3 is 2.71 bits per heavy atom. The lowest BCUT2D eigenvalue weighted by atomic mass is 10.2. The third kappa shape index (κ3) is 3.30. The van der Waals surface area contributed by atoms with Crippen molar-refractivity contribution < 1.29 is 0 Å². The highest BCUT2D eigenvalue weighted by Gasteiger charge is 2.08. The zero-order valence-electron chi connectivity index (χ0n) is 8.85. The van der Waals surface area contributed by atoms with Gasteiger partial charge >= 0.3 is 0 Å². The summed E-state index contributed by atoms with van der Waals surface area (Å²) in [5.74, 6) is 1.51. The van der Waals surface area contributed by atoms with Crippen molar-refractivity contribution >= 4 is 5.82 Å². The summed E-state index contributed by atoms with van der Waals surface area (Å²) in [6, 6.07) is 0. The molecule has 2 N–H and O–H groups in total. The SMILES string of the molecule is CC(C)CN(CCN)c1cnccn1. The number of nitrogens with two attached hydrogens (primary N) is 1. The number of hydrogen-bond donors (Lipinski definition) is 1. The Hall–Kier alpha value is -1.16. The van der Waals surface area contributed by atoms with Crippen LogP contribution in [-0.2, 0) is 0 Å². The van der Waals surface area contributed by atoms with Gasteiger partial charge < -0.3 is 10.6 Å². The molecule has 1 aromatic rings. The van der Waals surface area contributed by atoms with Crippen molar-refractivity contribution in [3.8, 4) is 0 Å². The van der Waals surface area contributed by atoms with Gasteiger partial charge in [0.15, 0.2) is 0 Å². The average molecular weight is 194 g/mol. The zero-order chi connectivity index (χ0) is 10.4. The van der Waals surface area contributed by atoms with Gasteiger partial charge in [-0.3, -0.25) is 4.98 Å². The van der Waals surface area contributed by atoms with E-state index < -0.39 is 0 Å². The van der Waals surface area contributed by atoms with Crippen molar-refractivity contribution in [1.82, 2.24) is 9.97 Å². The van der Waals surface area contributed by atoms with Crippen LogP contribution in [0.4, 0.5) is 5.82 Å². The van der Waals surface area contributed by atoms with Gasteiger partial charge in [0, 0.05) is 32.0 Å². The Balaban J connectivity index is 2.67. The van der Waals surface area contributed by atoms with Gasteiger partial charge in [-0.25, -0.2) is 4.98 Å². The molecule has 4 heteroatoms. The lowest BCUT2D eigenvalue weighted by molar-refractivity contribution is 0.606. The van der Waals surface area contributed by atoms with Crippen LogP contribution in [0.3, 0.4) is 0 Å². The molecule has 0 fully saturated rings. The third-order valence-electron chi connectivity index (χ3n) is 1.86. The van der Waals surface area contributed by atoms with Crippen LogP contribution >= 0.6 is 0 Å². The van der Waals surface area contributed by atoms with Gasteiger partial charge in [-0.05, 0) is 5.92 Å². The summed E-state index contributed by atoms with van der Waals surface area (Å²) in [5, 5.41) is 0. The fourth-order valence-electron chi connectivity index (χ4n) is 1.35. The molecule has 14 heavy (non-hydrogen) atoms. The van der Waals surface area contributed by atoms with Crippen LogP contribution in [0.5, 0.6) is 0 Å². The minimum absolute atomic E-state index is 0.601. The molecule has 0 unspecified atom stereocenters. The van der Waals surface area contributed by atoms with E-state index in [1.165, 1.54) is 0 Å². The highest BCUT2D eigenvalue weighted by atomic mass is 15.2. The third-order valence-corrected chi connectivity index (χ3v) is 1.86. The first-order valence-corrected chi connectivity index (χ1v) is 4.95. The van der Waals surface area contributed by atoms with Crippen LogP contribution in [-0.4, -0.2) is 29.6 Å². The van der Waals surface area contributed by atoms with Crippen LogP contribution in [0.2, 0.25) is 0 Å². The van der Waals surface area contributed by atoms with Crippen LogP contribution in [0.15, 0.2) is 18.6 Å². The molecule has 0 aliphatic carbocycles. The summed E-state index contributed by atoms with van der Waals surface area (Å²) < 4.78 is 0. The number of anilines is 1. The van der Waals surface area contributed by atoms with E-state index in [1.807, 2.05) is 0 Å². The predicted octanol–water partition coefficient (Wildman–Crippen LogP) is 0.898. The molecule has 0 saturated heterocycles. The Labute approximate surface area is 85.2 Å². The maximum atomic E-state index is 5.55. The second-order valence-corrected chi connectivity index (χ2v) is 3.69. The standard InChI is InChI=1S/C10H18N4/c1-9(2)8-14(6-3-11)10-7-12-4-5-13-10/h4-5,7,9H,3,6,8,11H2,1-2H3. The summed E-state index contributed by atoms with van der Waals surface area (Å²) in [6.07, 6.45) is 5.16. The molecule has 0 amide bonds. The maximum Gasteiger partial charge on any atom is 0.147 e.